The first-order chi connectivity index (χ1) is 16.7. The van der Waals surface area contributed by atoms with Crippen LogP contribution in [-0.4, -0.2) is 17.6 Å². The molecule has 0 aliphatic rings. The summed E-state index contributed by atoms with van der Waals surface area (Å²) in [7, 11) is 0. The van der Waals surface area contributed by atoms with Gasteiger partial charge in [-0.05, 0) is 59.0 Å². The summed E-state index contributed by atoms with van der Waals surface area (Å²) in [6, 6.07) is 30.7. The Morgan fingerprint density at radius 1 is 0.882 bits per heavy atom. The molecule has 0 aliphatic carbocycles. The Bertz CT molecular complexity index is 1180. The van der Waals surface area contributed by atoms with Crippen molar-refractivity contribution in [3.63, 3.8) is 0 Å². The van der Waals surface area contributed by atoms with Gasteiger partial charge < -0.3 is 15.5 Å². The number of nitrogens with zero attached hydrogens (tertiary/aromatic N) is 2. The topological polar surface area (TPSA) is 57.3 Å². The van der Waals surface area contributed by atoms with Gasteiger partial charge >= 0.3 is 6.03 Å². The van der Waals surface area contributed by atoms with Gasteiger partial charge in [0.15, 0.2) is 0 Å². The van der Waals surface area contributed by atoms with E-state index in [1.807, 2.05) is 30.3 Å². The molecule has 4 aromatic rings. The second-order valence-corrected chi connectivity index (χ2v) is 8.16. The second kappa shape index (κ2) is 11.7. The average Bonchev–Trinajstić information content (AvgIpc) is 2.89. The Kier molecular flexibility index (Phi) is 7.90. The first-order valence-corrected chi connectivity index (χ1v) is 11.6. The molecule has 0 atom stereocenters. The zero-order chi connectivity index (χ0) is 23.6. The standard InChI is InChI=1S/C29H30N4O/c1-2-19-33(22-25-12-6-7-13-28(25)24-10-4-3-5-11-24)27-16-14-26(15-17-27)32-29(34)31-21-23-9-8-18-30-20-23/h3-18,20H,2,19,21-22H2,1H3,(H2,31,32,34). The van der Waals surface area contributed by atoms with Crippen LogP contribution in [0.3, 0.4) is 0 Å². The van der Waals surface area contributed by atoms with E-state index in [0.717, 1.165) is 36.4 Å². The van der Waals surface area contributed by atoms with Crippen molar-refractivity contribution in [2.75, 3.05) is 16.8 Å². The van der Waals surface area contributed by atoms with Crippen LogP contribution >= 0.6 is 0 Å². The summed E-state index contributed by atoms with van der Waals surface area (Å²) in [5, 5.41) is 5.76. The number of carbonyl (C=O) groups is 1. The minimum atomic E-state index is -0.237. The third-order valence-electron chi connectivity index (χ3n) is 5.62. The lowest BCUT2D eigenvalue weighted by atomic mass is 9.99. The van der Waals surface area contributed by atoms with Crippen LogP contribution in [-0.2, 0) is 13.1 Å². The molecule has 4 rings (SSSR count). The Morgan fingerprint density at radius 3 is 2.38 bits per heavy atom. The van der Waals surface area contributed by atoms with Crippen molar-refractivity contribution in [2.45, 2.75) is 26.4 Å². The SMILES string of the molecule is CCCN(Cc1ccccc1-c1ccccc1)c1ccc(NC(=O)NCc2cccnc2)cc1. The van der Waals surface area contributed by atoms with Crippen molar-refractivity contribution in [3.8, 4) is 11.1 Å². The smallest absolute Gasteiger partial charge is 0.319 e. The molecule has 5 heteroatoms. The van der Waals surface area contributed by atoms with Crippen LogP contribution in [0.25, 0.3) is 11.1 Å². The Morgan fingerprint density at radius 2 is 1.65 bits per heavy atom. The lowest BCUT2D eigenvalue weighted by Gasteiger charge is -2.26. The number of anilines is 2. The van der Waals surface area contributed by atoms with Crippen LogP contribution in [0.5, 0.6) is 0 Å². The predicted molar refractivity (Wildman–Crippen MR) is 140 cm³/mol. The lowest BCUT2D eigenvalue weighted by molar-refractivity contribution is 0.251. The van der Waals surface area contributed by atoms with Crippen molar-refractivity contribution in [2.24, 2.45) is 0 Å². The zero-order valence-corrected chi connectivity index (χ0v) is 19.4. The van der Waals surface area contributed by atoms with E-state index in [0.29, 0.717) is 6.54 Å². The molecule has 0 fully saturated rings. The van der Waals surface area contributed by atoms with E-state index in [-0.39, 0.29) is 6.03 Å². The van der Waals surface area contributed by atoms with Gasteiger partial charge in [-0.15, -0.1) is 0 Å². The number of carbonyl (C=O) groups excluding carboxylic acids is 1. The largest absolute Gasteiger partial charge is 0.367 e. The first-order valence-electron chi connectivity index (χ1n) is 11.6. The van der Waals surface area contributed by atoms with Gasteiger partial charge in [0.05, 0.1) is 0 Å². The van der Waals surface area contributed by atoms with E-state index in [1.54, 1.807) is 12.4 Å². The predicted octanol–water partition coefficient (Wildman–Crippen LogP) is 6.49. The number of urea groups is 1. The molecule has 0 radical (unpaired) electrons. The molecule has 0 bridgehead atoms. The van der Waals surface area contributed by atoms with Gasteiger partial charge in [-0.25, -0.2) is 4.79 Å². The quantitative estimate of drug-likeness (QED) is 0.307. The first kappa shape index (κ1) is 23.1. The van der Waals surface area contributed by atoms with E-state index < -0.39 is 0 Å². The molecule has 5 nitrogen and oxygen atoms in total. The minimum Gasteiger partial charge on any atom is -0.367 e. The van der Waals surface area contributed by atoms with Crippen molar-refractivity contribution in [3.05, 3.63) is 115 Å². The Balaban J connectivity index is 1.43. The molecular formula is C29H30N4O. The Hall–Kier alpha value is -4.12. The zero-order valence-electron chi connectivity index (χ0n) is 19.4. The molecule has 3 aromatic carbocycles. The van der Waals surface area contributed by atoms with Crippen LogP contribution in [0.2, 0.25) is 0 Å². The normalized spacial score (nSPS) is 10.5. The molecule has 0 spiro atoms. The summed E-state index contributed by atoms with van der Waals surface area (Å²) >= 11 is 0. The van der Waals surface area contributed by atoms with E-state index in [1.165, 1.54) is 16.7 Å². The van der Waals surface area contributed by atoms with Gasteiger partial charge in [-0.3, -0.25) is 4.98 Å². The van der Waals surface area contributed by atoms with Gasteiger partial charge in [0, 0.05) is 43.4 Å². The molecule has 1 aromatic heterocycles. The second-order valence-electron chi connectivity index (χ2n) is 8.16. The molecule has 0 aliphatic heterocycles. The van der Waals surface area contributed by atoms with Gasteiger partial charge in [0.25, 0.3) is 0 Å². The highest BCUT2D eigenvalue weighted by Gasteiger charge is 2.11. The van der Waals surface area contributed by atoms with Gasteiger partial charge in [-0.2, -0.15) is 0 Å². The minimum absolute atomic E-state index is 0.237. The monoisotopic (exact) mass is 450 g/mol. The summed E-state index contributed by atoms with van der Waals surface area (Å²) in [6.45, 7) is 4.39. The third kappa shape index (κ3) is 6.23. The molecule has 1 heterocycles. The Labute approximate surface area is 201 Å². The third-order valence-corrected chi connectivity index (χ3v) is 5.62. The fourth-order valence-electron chi connectivity index (χ4n) is 3.95. The molecule has 0 saturated heterocycles. The van der Waals surface area contributed by atoms with E-state index in [4.69, 9.17) is 0 Å². The number of hydrogen-bond acceptors (Lipinski definition) is 3. The number of rotatable bonds is 9. The van der Waals surface area contributed by atoms with Gasteiger partial charge in [0.1, 0.15) is 0 Å². The summed E-state index contributed by atoms with van der Waals surface area (Å²) in [5.41, 5.74) is 6.62. The number of amides is 2. The molecule has 0 saturated carbocycles. The van der Waals surface area contributed by atoms with Crippen LogP contribution < -0.4 is 15.5 Å². The highest BCUT2D eigenvalue weighted by Crippen LogP contribution is 2.27. The molecule has 2 N–H and O–H groups in total. The number of benzene rings is 3. The maximum Gasteiger partial charge on any atom is 0.319 e. The molecule has 2 amide bonds. The van der Waals surface area contributed by atoms with Crippen molar-refractivity contribution in [1.29, 1.82) is 0 Å². The highest BCUT2D eigenvalue weighted by atomic mass is 16.2. The van der Waals surface area contributed by atoms with Crippen LogP contribution in [0.1, 0.15) is 24.5 Å². The van der Waals surface area contributed by atoms with Gasteiger partial charge in [-0.1, -0.05) is 67.6 Å². The fourth-order valence-corrected chi connectivity index (χ4v) is 3.95. The summed E-state index contributed by atoms with van der Waals surface area (Å²) in [4.78, 5) is 18.7. The van der Waals surface area contributed by atoms with E-state index in [2.05, 4.69) is 88.1 Å². The van der Waals surface area contributed by atoms with Crippen LogP contribution in [0.15, 0.2) is 103 Å². The molecule has 172 valence electrons. The highest BCUT2D eigenvalue weighted by molar-refractivity contribution is 5.89. The van der Waals surface area contributed by atoms with Gasteiger partial charge in [0.2, 0.25) is 0 Å². The number of nitrogens with one attached hydrogen (secondary N) is 2. The maximum absolute atomic E-state index is 12.3. The van der Waals surface area contributed by atoms with Crippen molar-refractivity contribution >= 4 is 17.4 Å². The average molecular weight is 451 g/mol. The van der Waals surface area contributed by atoms with E-state index >= 15 is 0 Å². The summed E-state index contributed by atoms with van der Waals surface area (Å²) < 4.78 is 0. The van der Waals surface area contributed by atoms with E-state index in [9.17, 15) is 4.79 Å². The number of pyridine rings is 1. The van der Waals surface area contributed by atoms with Crippen LogP contribution in [0, 0.1) is 0 Å². The van der Waals surface area contributed by atoms with Crippen LogP contribution in [0.4, 0.5) is 16.2 Å². The van der Waals surface area contributed by atoms with Crippen molar-refractivity contribution < 1.29 is 4.79 Å². The van der Waals surface area contributed by atoms with Crippen molar-refractivity contribution in [1.82, 2.24) is 10.3 Å². The lowest BCUT2D eigenvalue weighted by Crippen LogP contribution is -2.28. The number of aromatic nitrogens is 1. The number of hydrogen-bond donors (Lipinski definition) is 2. The fraction of sp³-hybridized carbons (Fsp3) is 0.172. The summed E-state index contributed by atoms with van der Waals surface area (Å²) in [5.74, 6) is 0. The molecule has 34 heavy (non-hydrogen) atoms. The molecular weight excluding hydrogens is 420 g/mol. The summed E-state index contributed by atoms with van der Waals surface area (Å²) in [6.07, 6.45) is 4.50. The maximum atomic E-state index is 12.3. The molecule has 0 unspecified atom stereocenters.